The van der Waals surface area contributed by atoms with E-state index in [1.54, 1.807) is 60.0 Å². The van der Waals surface area contributed by atoms with Gasteiger partial charge in [0.2, 0.25) is 0 Å². The van der Waals surface area contributed by atoms with Gasteiger partial charge in [-0.2, -0.15) is 4.68 Å². The molecule has 0 spiro atoms. The summed E-state index contributed by atoms with van der Waals surface area (Å²) >= 11 is 9.03. The van der Waals surface area contributed by atoms with Crippen LogP contribution in [0, 0.1) is 0 Å². The number of nitrogens with one attached hydrogen (secondary N) is 1. The summed E-state index contributed by atoms with van der Waals surface area (Å²) in [6.07, 6.45) is 0. The molecule has 0 bridgehead atoms. The minimum Gasteiger partial charge on any atom is -0.293 e. The van der Waals surface area contributed by atoms with Gasteiger partial charge in [0.15, 0.2) is 10.9 Å². The summed E-state index contributed by atoms with van der Waals surface area (Å²) in [7, 11) is 0. The normalized spacial score (nSPS) is 10.9. The van der Waals surface area contributed by atoms with Gasteiger partial charge in [-0.15, -0.1) is 11.3 Å². The number of thiophene rings is 1. The molecule has 156 valence electrons. The van der Waals surface area contributed by atoms with E-state index < -0.39 is 5.91 Å². The van der Waals surface area contributed by atoms with E-state index in [0.717, 1.165) is 25.4 Å². The molecule has 0 saturated carbocycles. The molecule has 0 fully saturated rings. The fraction of sp³-hybridized carbons (Fsp3) is 0.0476. The van der Waals surface area contributed by atoms with Gasteiger partial charge in [-0.1, -0.05) is 61.8 Å². The zero-order valence-electron chi connectivity index (χ0n) is 15.7. The van der Waals surface area contributed by atoms with Crippen molar-refractivity contribution in [3.05, 3.63) is 90.4 Å². The lowest BCUT2D eigenvalue weighted by atomic mass is 10.2. The lowest BCUT2D eigenvalue weighted by molar-refractivity contribution is 0.100. The van der Waals surface area contributed by atoms with Crippen molar-refractivity contribution in [3.8, 4) is 0 Å². The van der Waals surface area contributed by atoms with Crippen molar-refractivity contribution in [3.63, 3.8) is 0 Å². The minimum atomic E-state index is -0.456. The van der Waals surface area contributed by atoms with E-state index in [2.05, 4.69) is 42.3 Å². The molecular weight excluding hydrogens is 566 g/mol. The zero-order valence-corrected chi connectivity index (χ0v) is 20.5. The predicted molar refractivity (Wildman–Crippen MR) is 131 cm³/mol. The molecule has 0 saturated heterocycles. The number of thioether (sulfide) groups is 1. The molecule has 1 N–H and O–H groups in total. The maximum absolute atomic E-state index is 13.0. The average molecular weight is 579 g/mol. The maximum Gasteiger partial charge on any atom is 0.291 e. The number of amides is 1. The van der Waals surface area contributed by atoms with Crippen LogP contribution in [0.15, 0.2) is 78.9 Å². The summed E-state index contributed by atoms with van der Waals surface area (Å²) in [6, 6.07) is 15.6. The van der Waals surface area contributed by atoms with Gasteiger partial charge in [0.05, 0.1) is 11.3 Å². The number of nitrogens with zero attached hydrogens (tertiary/aromatic N) is 2. The van der Waals surface area contributed by atoms with Gasteiger partial charge in [-0.3, -0.25) is 19.8 Å². The van der Waals surface area contributed by atoms with E-state index in [0.29, 0.717) is 21.3 Å². The van der Waals surface area contributed by atoms with Crippen LogP contribution < -0.4 is 11.0 Å². The summed E-state index contributed by atoms with van der Waals surface area (Å²) in [5, 5.41) is 2.01. The number of hydrogen-bond donors (Lipinski definition) is 1. The molecule has 4 rings (SSSR count). The summed E-state index contributed by atoms with van der Waals surface area (Å²) in [5.41, 5.74) is 3.71. The predicted octanol–water partition coefficient (Wildman–Crippen LogP) is 5.34. The van der Waals surface area contributed by atoms with Gasteiger partial charge >= 0.3 is 0 Å². The number of halogens is 2. The second-order valence-electron chi connectivity index (χ2n) is 6.34. The first kappa shape index (κ1) is 21.9. The third-order valence-electron chi connectivity index (χ3n) is 4.25. The van der Waals surface area contributed by atoms with Crippen molar-refractivity contribution in [2.75, 3.05) is 11.2 Å². The third-order valence-corrected chi connectivity index (χ3v) is 7.10. The highest BCUT2D eigenvalue weighted by molar-refractivity contribution is 9.10. The third kappa shape index (κ3) is 4.98. The molecule has 0 radical (unpaired) electrons. The second-order valence-corrected chi connectivity index (χ2v) is 10.0. The molecule has 0 atom stereocenters. The molecular formula is C21H13Br2N3O3S2. The first-order valence-corrected chi connectivity index (χ1v) is 12.4. The molecule has 6 nitrogen and oxygen atoms in total. The van der Waals surface area contributed by atoms with Gasteiger partial charge in [-0.25, -0.2) is 4.98 Å². The van der Waals surface area contributed by atoms with Gasteiger partial charge in [0, 0.05) is 20.1 Å². The zero-order chi connectivity index (χ0) is 22.0. The average Bonchev–Trinajstić information content (AvgIpc) is 3.23. The Labute approximate surface area is 201 Å². The topological polar surface area (TPSA) is 81.1 Å². The number of hydrogen-bond acceptors (Lipinski definition) is 6. The fourth-order valence-corrected chi connectivity index (χ4v) is 5.00. The van der Waals surface area contributed by atoms with Crippen LogP contribution in [-0.4, -0.2) is 27.1 Å². The smallest absolute Gasteiger partial charge is 0.291 e. The molecule has 0 aliphatic heterocycles. The first-order valence-electron chi connectivity index (χ1n) is 8.91. The molecule has 1 amide bonds. The van der Waals surface area contributed by atoms with Crippen LogP contribution in [0.2, 0.25) is 0 Å². The SMILES string of the molecule is O=C(CSc1nc2ccsc2c(=O)n1NC(=O)c1cccc(Br)c1)c1ccc(Br)cc1. The fourth-order valence-electron chi connectivity index (χ4n) is 2.73. The molecule has 2 heterocycles. The first-order chi connectivity index (χ1) is 14.9. The lowest BCUT2D eigenvalue weighted by Crippen LogP contribution is -2.35. The Morgan fingerprint density at radius 1 is 1.03 bits per heavy atom. The molecule has 0 aliphatic carbocycles. The van der Waals surface area contributed by atoms with Crippen LogP contribution in [0.25, 0.3) is 10.2 Å². The van der Waals surface area contributed by atoms with Crippen LogP contribution in [0.5, 0.6) is 0 Å². The van der Waals surface area contributed by atoms with E-state index in [4.69, 9.17) is 0 Å². The monoisotopic (exact) mass is 577 g/mol. The van der Waals surface area contributed by atoms with Gasteiger partial charge < -0.3 is 0 Å². The highest BCUT2D eigenvalue weighted by Gasteiger charge is 2.17. The van der Waals surface area contributed by atoms with Crippen molar-refractivity contribution in [2.24, 2.45) is 0 Å². The minimum absolute atomic E-state index is 0.0659. The Morgan fingerprint density at radius 3 is 2.55 bits per heavy atom. The van der Waals surface area contributed by atoms with Crippen molar-refractivity contribution in [2.45, 2.75) is 5.16 Å². The molecule has 31 heavy (non-hydrogen) atoms. The largest absolute Gasteiger partial charge is 0.293 e. The van der Waals surface area contributed by atoms with Gasteiger partial charge in [-0.05, 0) is 41.8 Å². The number of ketones is 1. The molecule has 0 unspecified atom stereocenters. The Kier molecular flexibility index (Phi) is 6.71. The Hall–Kier alpha value is -2.27. The Balaban J connectivity index is 1.64. The van der Waals surface area contributed by atoms with Crippen LogP contribution in [0.1, 0.15) is 20.7 Å². The van der Waals surface area contributed by atoms with Gasteiger partial charge in [0.25, 0.3) is 11.5 Å². The highest BCUT2D eigenvalue weighted by Crippen LogP contribution is 2.22. The van der Waals surface area contributed by atoms with Crippen molar-refractivity contribution >= 4 is 76.9 Å². The van der Waals surface area contributed by atoms with E-state index in [-0.39, 0.29) is 22.3 Å². The Bertz CT molecular complexity index is 1350. The standard InChI is InChI=1S/C21H13Br2N3O3S2/c22-14-6-4-12(5-7-14)17(27)11-31-21-24-16-8-9-30-18(16)20(29)26(21)25-19(28)13-2-1-3-15(23)10-13/h1-10H,11H2,(H,25,28). The number of carbonyl (C=O) groups is 2. The molecule has 2 aromatic heterocycles. The van der Waals surface area contributed by atoms with Crippen LogP contribution >= 0.6 is 55.0 Å². The second kappa shape index (κ2) is 9.47. The van der Waals surface area contributed by atoms with Crippen molar-refractivity contribution in [1.29, 1.82) is 0 Å². The number of rotatable bonds is 6. The number of benzene rings is 2. The van der Waals surface area contributed by atoms with Gasteiger partial charge in [0.1, 0.15) is 4.70 Å². The number of aromatic nitrogens is 2. The number of fused-ring (bicyclic) bond motifs is 1. The Morgan fingerprint density at radius 2 is 1.81 bits per heavy atom. The molecule has 4 aromatic rings. The summed E-state index contributed by atoms with van der Waals surface area (Å²) < 4.78 is 3.17. The van der Waals surface area contributed by atoms with Crippen LogP contribution in [0.4, 0.5) is 0 Å². The van der Waals surface area contributed by atoms with E-state index >= 15 is 0 Å². The summed E-state index contributed by atoms with van der Waals surface area (Å²) in [6.45, 7) is 0. The van der Waals surface area contributed by atoms with Crippen LogP contribution in [0.3, 0.4) is 0 Å². The number of Topliss-reactive ketones (excluding diaryl/α,β-unsaturated/α-hetero) is 1. The molecule has 0 aliphatic rings. The van der Waals surface area contributed by atoms with E-state index in [1.807, 2.05) is 0 Å². The summed E-state index contributed by atoms with van der Waals surface area (Å²) in [4.78, 5) is 42.8. The maximum atomic E-state index is 13.0. The summed E-state index contributed by atoms with van der Waals surface area (Å²) in [5.74, 6) is -0.500. The number of carbonyl (C=O) groups excluding carboxylic acids is 2. The van der Waals surface area contributed by atoms with Crippen molar-refractivity contribution < 1.29 is 9.59 Å². The van der Waals surface area contributed by atoms with Crippen molar-refractivity contribution in [1.82, 2.24) is 9.66 Å². The molecule has 2 aromatic carbocycles. The highest BCUT2D eigenvalue weighted by atomic mass is 79.9. The van der Waals surface area contributed by atoms with E-state index in [9.17, 15) is 14.4 Å². The quantitative estimate of drug-likeness (QED) is 0.190. The lowest BCUT2D eigenvalue weighted by Gasteiger charge is -2.13. The molecule has 10 heteroatoms. The van der Waals surface area contributed by atoms with Crippen LogP contribution in [-0.2, 0) is 0 Å². The van der Waals surface area contributed by atoms with E-state index in [1.165, 1.54) is 11.3 Å².